The first-order chi connectivity index (χ1) is 15.7. The molecule has 0 aliphatic carbocycles. The van der Waals surface area contributed by atoms with Crippen molar-refractivity contribution >= 4 is 57.3 Å². The Morgan fingerprint density at radius 2 is 0.758 bits per heavy atom. The van der Waals surface area contributed by atoms with Crippen LogP contribution in [0.1, 0.15) is 0 Å². The van der Waals surface area contributed by atoms with E-state index >= 15 is 0 Å². The second-order valence-corrected chi connectivity index (χ2v) is 8.70. The van der Waals surface area contributed by atoms with Crippen molar-refractivity contribution in [3.8, 4) is 22.3 Å². The molecular weight excluding hydrogens is 432 g/mol. The molecule has 168 valence electrons. The first-order valence-electron chi connectivity index (χ1n) is 10.0. The summed E-state index contributed by atoms with van der Waals surface area (Å²) in [6.45, 7) is 0. The molecule has 8 nitrogen and oxygen atoms in total. The Balaban J connectivity index is 1.92. The van der Waals surface area contributed by atoms with Gasteiger partial charge in [0.15, 0.2) is 0 Å². The van der Waals surface area contributed by atoms with E-state index < -0.39 is 0 Å². The van der Waals surface area contributed by atoms with Gasteiger partial charge in [0.25, 0.3) is 0 Å². The molecule has 9 heteroatoms. The Kier molecular flexibility index (Phi) is 5.49. The fraction of sp³-hybridized carbons (Fsp3) is 0. The zero-order valence-electron chi connectivity index (χ0n) is 17.8. The predicted molar refractivity (Wildman–Crippen MR) is 143 cm³/mol. The summed E-state index contributed by atoms with van der Waals surface area (Å²) in [5, 5.41) is 0. The molecule has 0 heterocycles. The largest absolute Gasteiger partial charge is 0.397 e. The highest BCUT2D eigenvalue weighted by Crippen LogP contribution is 2.49. The second kappa shape index (κ2) is 8.29. The molecule has 0 saturated carbocycles. The van der Waals surface area contributed by atoms with Gasteiger partial charge in [0.05, 0.1) is 45.5 Å². The lowest BCUT2D eigenvalue weighted by atomic mass is 10.0. The van der Waals surface area contributed by atoms with Gasteiger partial charge in [-0.3, -0.25) is 0 Å². The molecule has 0 aromatic heterocycles. The van der Waals surface area contributed by atoms with Crippen molar-refractivity contribution in [1.82, 2.24) is 0 Å². The van der Waals surface area contributed by atoms with Gasteiger partial charge in [0, 0.05) is 9.79 Å². The molecule has 0 unspecified atom stereocenters. The summed E-state index contributed by atoms with van der Waals surface area (Å²) < 4.78 is 0. The number of nitrogen functional groups attached to an aromatic ring is 8. The van der Waals surface area contributed by atoms with E-state index in [9.17, 15) is 0 Å². The highest BCUT2D eigenvalue weighted by molar-refractivity contribution is 8.00. The maximum Gasteiger partial charge on any atom is 0.0695 e. The second-order valence-electron chi connectivity index (χ2n) is 7.68. The maximum absolute atomic E-state index is 6.45. The van der Waals surface area contributed by atoms with Crippen LogP contribution in [-0.2, 0) is 0 Å². The summed E-state index contributed by atoms with van der Waals surface area (Å²) in [7, 11) is 0. The van der Waals surface area contributed by atoms with Crippen molar-refractivity contribution in [3.63, 3.8) is 0 Å². The van der Waals surface area contributed by atoms with Crippen LogP contribution in [0.15, 0.2) is 70.5 Å². The molecule has 4 aromatic carbocycles. The summed E-state index contributed by atoms with van der Waals surface area (Å²) in [4.78, 5) is 1.45. The Hall–Kier alpha value is -4.37. The smallest absolute Gasteiger partial charge is 0.0695 e. The standard InChI is InChI=1S/C24H26N8S/c25-15-5-1-11(9-19(15)29)13-3-7-17(27)21(31)23(13)33-24-14(4-8-18(28)22(24)32)12-2-6-16(26)20(30)10-12/h1-10H,25-32H2. The van der Waals surface area contributed by atoms with Crippen molar-refractivity contribution < 1.29 is 0 Å². The fourth-order valence-corrected chi connectivity index (χ4v) is 4.74. The van der Waals surface area contributed by atoms with Gasteiger partial charge >= 0.3 is 0 Å². The van der Waals surface area contributed by atoms with Crippen LogP contribution in [0.2, 0.25) is 0 Å². The van der Waals surface area contributed by atoms with Crippen molar-refractivity contribution in [2.24, 2.45) is 0 Å². The molecule has 0 amide bonds. The van der Waals surface area contributed by atoms with E-state index in [0.29, 0.717) is 45.5 Å². The first-order valence-corrected chi connectivity index (χ1v) is 10.8. The molecule has 0 atom stereocenters. The molecule has 4 aromatic rings. The molecule has 0 fully saturated rings. The molecular formula is C24H26N8S. The number of rotatable bonds is 4. The molecule has 0 bridgehead atoms. The Bertz CT molecular complexity index is 1280. The minimum absolute atomic E-state index is 0.428. The van der Waals surface area contributed by atoms with Crippen LogP contribution in [0.5, 0.6) is 0 Å². The third-order valence-corrected chi connectivity index (χ3v) is 6.75. The summed E-state index contributed by atoms with van der Waals surface area (Å²) in [5.74, 6) is 0. The topological polar surface area (TPSA) is 208 Å². The van der Waals surface area contributed by atoms with E-state index in [-0.39, 0.29) is 0 Å². The molecule has 0 radical (unpaired) electrons. The van der Waals surface area contributed by atoms with Gasteiger partial charge in [0.1, 0.15) is 0 Å². The van der Waals surface area contributed by atoms with Crippen LogP contribution >= 0.6 is 11.8 Å². The minimum atomic E-state index is 0.428. The minimum Gasteiger partial charge on any atom is -0.397 e. The van der Waals surface area contributed by atoms with Crippen molar-refractivity contribution in [3.05, 3.63) is 60.7 Å². The first kappa shape index (κ1) is 21.8. The van der Waals surface area contributed by atoms with E-state index in [4.69, 9.17) is 45.9 Å². The number of hydrogen-bond donors (Lipinski definition) is 8. The lowest BCUT2D eigenvalue weighted by Gasteiger charge is -2.19. The number of benzene rings is 4. The van der Waals surface area contributed by atoms with E-state index in [1.165, 1.54) is 11.8 Å². The molecule has 16 N–H and O–H groups in total. The van der Waals surface area contributed by atoms with Gasteiger partial charge in [-0.05, 0) is 58.7 Å². The van der Waals surface area contributed by atoms with E-state index in [0.717, 1.165) is 32.0 Å². The number of hydrogen-bond acceptors (Lipinski definition) is 9. The summed E-state index contributed by atoms with van der Waals surface area (Å²) in [5.41, 5.74) is 56.2. The van der Waals surface area contributed by atoms with Gasteiger partial charge < -0.3 is 45.9 Å². The van der Waals surface area contributed by atoms with Gasteiger partial charge in [-0.1, -0.05) is 36.0 Å². The van der Waals surface area contributed by atoms with Gasteiger partial charge in [0.2, 0.25) is 0 Å². The van der Waals surface area contributed by atoms with Crippen LogP contribution in [0.4, 0.5) is 45.5 Å². The lowest BCUT2D eigenvalue weighted by molar-refractivity contribution is 1.40. The van der Waals surface area contributed by atoms with Crippen LogP contribution in [0, 0.1) is 0 Å². The quantitative estimate of drug-likeness (QED) is 0.209. The van der Waals surface area contributed by atoms with E-state index in [1.54, 1.807) is 36.4 Å². The van der Waals surface area contributed by atoms with E-state index in [1.807, 2.05) is 24.3 Å². The lowest BCUT2D eigenvalue weighted by Crippen LogP contribution is -2.02. The molecule has 0 spiro atoms. The van der Waals surface area contributed by atoms with Crippen molar-refractivity contribution in [2.45, 2.75) is 9.79 Å². The van der Waals surface area contributed by atoms with Gasteiger partial charge in [-0.15, -0.1) is 0 Å². The predicted octanol–water partition coefficient (Wildman–Crippen LogP) is 3.83. The maximum atomic E-state index is 6.45. The summed E-state index contributed by atoms with van der Waals surface area (Å²) in [6.07, 6.45) is 0. The zero-order chi connectivity index (χ0) is 23.9. The highest BCUT2D eigenvalue weighted by atomic mass is 32.2. The summed E-state index contributed by atoms with van der Waals surface area (Å²) in [6, 6.07) is 18.2. The number of anilines is 8. The van der Waals surface area contributed by atoms with Gasteiger partial charge in [-0.25, -0.2) is 0 Å². The number of nitrogens with two attached hydrogens (primary N) is 8. The summed E-state index contributed by atoms with van der Waals surface area (Å²) >= 11 is 1.38. The van der Waals surface area contributed by atoms with Crippen LogP contribution < -0.4 is 45.9 Å². The van der Waals surface area contributed by atoms with Crippen molar-refractivity contribution in [2.75, 3.05) is 45.9 Å². The fourth-order valence-electron chi connectivity index (χ4n) is 3.49. The molecule has 33 heavy (non-hydrogen) atoms. The molecule has 0 aliphatic rings. The molecule has 4 rings (SSSR count). The average Bonchev–Trinajstić information content (AvgIpc) is 2.78. The Morgan fingerprint density at radius 3 is 1.12 bits per heavy atom. The normalized spacial score (nSPS) is 10.9. The van der Waals surface area contributed by atoms with E-state index in [2.05, 4.69) is 0 Å². The Labute approximate surface area is 195 Å². The van der Waals surface area contributed by atoms with Crippen LogP contribution in [0.3, 0.4) is 0 Å². The average molecular weight is 459 g/mol. The Morgan fingerprint density at radius 1 is 0.394 bits per heavy atom. The van der Waals surface area contributed by atoms with Crippen LogP contribution in [0.25, 0.3) is 22.3 Å². The van der Waals surface area contributed by atoms with Crippen LogP contribution in [-0.4, -0.2) is 0 Å². The SMILES string of the molecule is Nc1ccc(-c2ccc(N)c(N)c2Sc2c(-c3ccc(N)c(N)c3)ccc(N)c2N)cc1N. The monoisotopic (exact) mass is 458 g/mol. The zero-order valence-corrected chi connectivity index (χ0v) is 18.6. The van der Waals surface area contributed by atoms with Gasteiger partial charge in [-0.2, -0.15) is 0 Å². The molecule has 0 aliphatic heterocycles. The third-order valence-electron chi connectivity index (χ3n) is 5.46. The molecule has 0 saturated heterocycles. The highest BCUT2D eigenvalue weighted by Gasteiger charge is 2.19. The van der Waals surface area contributed by atoms with Crippen molar-refractivity contribution in [1.29, 1.82) is 0 Å². The third kappa shape index (κ3) is 3.97.